The van der Waals surface area contributed by atoms with Gasteiger partial charge in [-0.3, -0.25) is 0 Å². The third-order valence-electron chi connectivity index (χ3n) is 2.23. The summed E-state index contributed by atoms with van der Waals surface area (Å²) in [5, 5.41) is 0. The fraction of sp³-hybridized carbons (Fsp3) is 0.0667. The summed E-state index contributed by atoms with van der Waals surface area (Å²) in [6.45, 7) is 13.4. The molecule has 1 rings (SSSR count). The van der Waals surface area contributed by atoms with Gasteiger partial charge in [0.1, 0.15) is 0 Å². The van der Waals surface area contributed by atoms with Crippen molar-refractivity contribution in [2.75, 3.05) is 0 Å². The lowest BCUT2D eigenvalue weighted by atomic mass is 10.0. The van der Waals surface area contributed by atoms with Gasteiger partial charge in [0.05, 0.1) is 0 Å². The Hall–Kier alpha value is -1.82. The quantitative estimate of drug-likeness (QED) is 0.623. The standard InChI is InChI=1S/C15H16/c1-5-7-13(6-2)15-10-8-14(9-11-15)12(3)4/h5-11H,1-3H2,4H3/b13-7+. The topological polar surface area (TPSA) is 0 Å². The molecule has 0 fully saturated rings. The Bertz CT molecular complexity index is 402. The second kappa shape index (κ2) is 5.16. The van der Waals surface area contributed by atoms with Crippen LogP contribution in [0.4, 0.5) is 0 Å². The zero-order valence-electron chi connectivity index (χ0n) is 9.16. The van der Waals surface area contributed by atoms with Crippen LogP contribution in [0, 0.1) is 0 Å². The Morgan fingerprint density at radius 1 is 1.07 bits per heavy atom. The highest BCUT2D eigenvalue weighted by molar-refractivity contribution is 5.75. The molecule has 1 aromatic rings. The van der Waals surface area contributed by atoms with E-state index in [-0.39, 0.29) is 0 Å². The Morgan fingerprint density at radius 3 is 2.00 bits per heavy atom. The van der Waals surface area contributed by atoms with Crippen molar-refractivity contribution in [2.24, 2.45) is 0 Å². The molecule has 0 saturated carbocycles. The minimum atomic E-state index is 1.08. The van der Waals surface area contributed by atoms with Gasteiger partial charge in [-0.1, -0.05) is 67.8 Å². The molecule has 0 heteroatoms. The molecule has 0 aliphatic heterocycles. The SMILES string of the molecule is C=C/C=C(\C=C)c1ccc(C(=C)C)cc1. The number of allylic oxidation sites excluding steroid dienone is 5. The van der Waals surface area contributed by atoms with Gasteiger partial charge in [0.2, 0.25) is 0 Å². The van der Waals surface area contributed by atoms with Crippen LogP contribution in [0.1, 0.15) is 18.1 Å². The van der Waals surface area contributed by atoms with Gasteiger partial charge in [0, 0.05) is 0 Å². The molecule has 0 aliphatic carbocycles. The maximum absolute atomic E-state index is 3.91. The average molecular weight is 196 g/mol. The molecular weight excluding hydrogens is 180 g/mol. The molecule has 0 spiro atoms. The smallest absolute Gasteiger partial charge is 0.0184 e. The van der Waals surface area contributed by atoms with E-state index in [0.29, 0.717) is 0 Å². The molecule has 15 heavy (non-hydrogen) atoms. The summed E-state index contributed by atoms with van der Waals surface area (Å²) < 4.78 is 0. The molecule has 0 radical (unpaired) electrons. The third kappa shape index (κ3) is 2.81. The summed E-state index contributed by atoms with van der Waals surface area (Å²) in [5.74, 6) is 0. The highest BCUT2D eigenvalue weighted by Crippen LogP contribution is 2.19. The van der Waals surface area contributed by atoms with E-state index in [1.165, 1.54) is 5.56 Å². The van der Waals surface area contributed by atoms with Crippen molar-refractivity contribution in [1.29, 1.82) is 0 Å². The van der Waals surface area contributed by atoms with Crippen LogP contribution < -0.4 is 0 Å². The second-order valence-corrected chi connectivity index (χ2v) is 3.42. The normalized spacial score (nSPS) is 10.9. The van der Waals surface area contributed by atoms with Gasteiger partial charge in [-0.05, 0) is 23.6 Å². The highest BCUT2D eigenvalue weighted by Gasteiger charge is 1.97. The molecule has 0 atom stereocenters. The fourth-order valence-corrected chi connectivity index (χ4v) is 1.36. The molecule has 1 aromatic carbocycles. The molecule has 0 aromatic heterocycles. The molecule has 0 nitrogen and oxygen atoms in total. The molecule has 0 heterocycles. The summed E-state index contributed by atoms with van der Waals surface area (Å²) in [7, 11) is 0. The van der Waals surface area contributed by atoms with Crippen molar-refractivity contribution in [1.82, 2.24) is 0 Å². The van der Waals surface area contributed by atoms with Crippen LogP contribution >= 0.6 is 0 Å². The van der Waals surface area contributed by atoms with Crippen LogP contribution in [0.5, 0.6) is 0 Å². The monoisotopic (exact) mass is 196 g/mol. The van der Waals surface area contributed by atoms with Crippen molar-refractivity contribution in [3.05, 3.63) is 73.4 Å². The minimum absolute atomic E-state index is 1.08. The van der Waals surface area contributed by atoms with Gasteiger partial charge in [0.15, 0.2) is 0 Å². The van der Waals surface area contributed by atoms with Gasteiger partial charge in [-0.15, -0.1) is 0 Å². The Labute approximate surface area is 92.0 Å². The van der Waals surface area contributed by atoms with Crippen molar-refractivity contribution < 1.29 is 0 Å². The Kier molecular flexibility index (Phi) is 3.87. The fourth-order valence-electron chi connectivity index (χ4n) is 1.36. The van der Waals surface area contributed by atoms with Gasteiger partial charge in [0.25, 0.3) is 0 Å². The van der Waals surface area contributed by atoms with Crippen LogP contribution in [-0.4, -0.2) is 0 Å². The largest absolute Gasteiger partial charge is 0.0990 e. The van der Waals surface area contributed by atoms with E-state index in [0.717, 1.165) is 16.7 Å². The summed E-state index contributed by atoms with van der Waals surface area (Å²) in [6, 6.07) is 8.28. The number of rotatable bonds is 4. The first kappa shape index (κ1) is 11.3. The Balaban J connectivity index is 3.07. The predicted octanol–water partition coefficient (Wildman–Crippen LogP) is 4.48. The van der Waals surface area contributed by atoms with Gasteiger partial charge in [-0.2, -0.15) is 0 Å². The minimum Gasteiger partial charge on any atom is -0.0990 e. The van der Waals surface area contributed by atoms with Crippen molar-refractivity contribution in [2.45, 2.75) is 6.92 Å². The summed E-state index contributed by atoms with van der Waals surface area (Å²) in [4.78, 5) is 0. The van der Waals surface area contributed by atoms with E-state index in [1.54, 1.807) is 6.08 Å². The molecule has 76 valence electrons. The van der Waals surface area contributed by atoms with Gasteiger partial charge < -0.3 is 0 Å². The molecule has 0 amide bonds. The number of hydrogen-bond acceptors (Lipinski definition) is 0. The first-order chi connectivity index (χ1) is 7.19. The number of hydrogen-bond donors (Lipinski definition) is 0. The van der Waals surface area contributed by atoms with Crippen LogP contribution in [0.15, 0.2) is 62.2 Å². The van der Waals surface area contributed by atoms with E-state index in [4.69, 9.17) is 0 Å². The van der Waals surface area contributed by atoms with E-state index in [1.807, 2.05) is 19.1 Å². The Morgan fingerprint density at radius 2 is 1.60 bits per heavy atom. The highest BCUT2D eigenvalue weighted by atomic mass is 14.0. The van der Waals surface area contributed by atoms with Crippen LogP contribution in [0.25, 0.3) is 11.1 Å². The van der Waals surface area contributed by atoms with Crippen LogP contribution in [0.3, 0.4) is 0 Å². The third-order valence-corrected chi connectivity index (χ3v) is 2.23. The van der Waals surface area contributed by atoms with Crippen LogP contribution in [0.2, 0.25) is 0 Å². The maximum Gasteiger partial charge on any atom is -0.0184 e. The molecule has 0 aliphatic rings. The van der Waals surface area contributed by atoms with E-state index >= 15 is 0 Å². The number of benzene rings is 1. The molecule has 0 saturated heterocycles. The first-order valence-corrected chi connectivity index (χ1v) is 4.90. The zero-order valence-corrected chi connectivity index (χ0v) is 9.16. The molecule has 0 bridgehead atoms. The summed E-state index contributed by atoms with van der Waals surface area (Å²) in [5.41, 5.74) is 4.48. The van der Waals surface area contributed by atoms with Crippen molar-refractivity contribution in [3.8, 4) is 0 Å². The molecular formula is C15H16. The van der Waals surface area contributed by atoms with Crippen molar-refractivity contribution >= 4 is 11.1 Å². The van der Waals surface area contributed by atoms with Crippen molar-refractivity contribution in [3.63, 3.8) is 0 Å². The van der Waals surface area contributed by atoms with E-state index < -0.39 is 0 Å². The summed E-state index contributed by atoms with van der Waals surface area (Å²) >= 11 is 0. The van der Waals surface area contributed by atoms with Crippen LogP contribution in [-0.2, 0) is 0 Å². The first-order valence-electron chi connectivity index (χ1n) is 4.90. The summed E-state index contributed by atoms with van der Waals surface area (Å²) in [6.07, 6.45) is 5.55. The maximum atomic E-state index is 3.91. The predicted molar refractivity (Wildman–Crippen MR) is 69.5 cm³/mol. The van der Waals surface area contributed by atoms with Gasteiger partial charge in [-0.25, -0.2) is 0 Å². The van der Waals surface area contributed by atoms with E-state index in [2.05, 4.69) is 44.0 Å². The van der Waals surface area contributed by atoms with Gasteiger partial charge >= 0.3 is 0 Å². The second-order valence-electron chi connectivity index (χ2n) is 3.42. The lowest BCUT2D eigenvalue weighted by molar-refractivity contribution is 1.54. The lowest BCUT2D eigenvalue weighted by Crippen LogP contribution is -1.82. The lowest BCUT2D eigenvalue weighted by Gasteiger charge is -2.04. The van der Waals surface area contributed by atoms with E-state index in [9.17, 15) is 0 Å². The molecule has 0 N–H and O–H groups in total. The average Bonchev–Trinajstić information content (AvgIpc) is 2.26. The molecule has 0 unspecified atom stereocenters. The zero-order chi connectivity index (χ0) is 11.3.